The second-order valence-electron chi connectivity index (χ2n) is 5.18. The van der Waals surface area contributed by atoms with Gasteiger partial charge in [-0.15, -0.1) is 0 Å². The first-order valence-electron chi connectivity index (χ1n) is 6.58. The van der Waals surface area contributed by atoms with Gasteiger partial charge in [-0.3, -0.25) is 0 Å². The summed E-state index contributed by atoms with van der Waals surface area (Å²) < 4.78 is 29.1. The van der Waals surface area contributed by atoms with Gasteiger partial charge in [0.15, 0.2) is 9.84 Å². The largest absolute Gasteiger partial charge is 0.489 e. The quantitative estimate of drug-likeness (QED) is 0.844. The Hall–Kier alpha value is -1.07. The van der Waals surface area contributed by atoms with Gasteiger partial charge in [-0.2, -0.15) is 0 Å². The third kappa shape index (κ3) is 3.48. The number of sulfone groups is 1. The number of likely N-dealkylation sites (N-methyl/N-ethyl adjacent to an activating group) is 1. The van der Waals surface area contributed by atoms with E-state index in [4.69, 9.17) is 4.74 Å². The van der Waals surface area contributed by atoms with E-state index in [9.17, 15) is 8.42 Å². The lowest BCUT2D eigenvalue weighted by atomic mass is 10.0. The number of aryl methyl sites for hydroxylation is 1. The van der Waals surface area contributed by atoms with Crippen molar-refractivity contribution in [2.75, 3.05) is 26.4 Å². The van der Waals surface area contributed by atoms with Crippen molar-refractivity contribution in [3.05, 3.63) is 23.8 Å². The molecule has 106 valence electrons. The molecule has 1 aliphatic heterocycles. The minimum Gasteiger partial charge on any atom is -0.489 e. The predicted octanol–water partition coefficient (Wildman–Crippen LogP) is 1.74. The average molecular weight is 283 g/mol. The van der Waals surface area contributed by atoms with Crippen LogP contribution in [-0.4, -0.2) is 45.8 Å². The summed E-state index contributed by atoms with van der Waals surface area (Å²) in [4.78, 5) is 2.53. The molecule has 1 aliphatic rings. The molecule has 2 rings (SSSR count). The molecule has 19 heavy (non-hydrogen) atoms. The third-order valence-corrected chi connectivity index (χ3v) is 4.66. The summed E-state index contributed by atoms with van der Waals surface area (Å²) in [6, 6.07) is 5.18. The summed E-state index contributed by atoms with van der Waals surface area (Å²) in [5, 5.41) is 0. The van der Waals surface area contributed by atoms with Crippen LogP contribution in [0.5, 0.6) is 5.75 Å². The molecule has 0 bridgehead atoms. The van der Waals surface area contributed by atoms with Crippen LogP contribution in [0.4, 0.5) is 0 Å². The van der Waals surface area contributed by atoms with Crippen molar-refractivity contribution in [2.24, 2.45) is 0 Å². The zero-order valence-electron chi connectivity index (χ0n) is 11.7. The van der Waals surface area contributed by atoms with Gasteiger partial charge in [0.1, 0.15) is 11.9 Å². The molecule has 0 amide bonds. The number of rotatable bonds is 4. The van der Waals surface area contributed by atoms with E-state index in [1.165, 1.54) is 6.26 Å². The van der Waals surface area contributed by atoms with Gasteiger partial charge >= 0.3 is 0 Å². The minimum absolute atomic E-state index is 0.146. The monoisotopic (exact) mass is 283 g/mol. The number of hydrogen-bond acceptors (Lipinski definition) is 4. The molecular weight excluding hydrogens is 262 g/mol. The van der Waals surface area contributed by atoms with Crippen molar-refractivity contribution in [1.82, 2.24) is 4.90 Å². The van der Waals surface area contributed by atoms with Crippen LogP contribution in [0.1, 0.15) is 18.9 Å². The van der Waals surface area contributed by atoms with Crippen molar-refractivity contribution in [1.29, 1.82) is 0 Å². The molecule has 1 unspecified atom stereocenters. The van der Waals surface area contributed by atoms with E-state index in [0.717, 1.165) is 37.2 Å². The standard InChI is InChI=1S/C14H21NO3S/c1-4-15(2)10-12-7-5-11-6-8-13(19(3,16)17)9-14(11)18-12/h6,8-9,12H,4-5,7,10H2,1-3H3. The van der Waals surface area contributed by atoms with E-state index in [1.54, 1.807) is 12.1 Å². The second kappa shape index (κ2) is 5.51. The summed E-state index contributed by atoms with van der Waals surface area (Å²) >= 11 is 0. The normalized spacial score (nSPS) is 19.1. The van der Waals surface area contributed by atoms with Crippen LogP contribution in [0, 0.1) is 0 Å². The zero-order chi connectivity index (χ0) is 14.0. The average Bonchev–Trinajstić information content (AvgIpc) is 2.36. The fraction of sp³-hybridized carbons (Fsp3) is 0.571. The number of hydrogen-bond donors (Lipinski definition) is 0. The van der Waals surface area contributed by atoms with E-state index in [2.05, 4.69) is 18.9 Å². The summed E-state index contributed by atoms with van der Waals surface area (Å²) in [6.45, 7) is 3.97. The Bertz CT molecular complexity index is 554. The second-order valence-corrected chi connectivity index (χ2v) is 7.19. The first kappa shape index (κ1) is 14.3. The van der Waals surface area contributed by atoms with Crippen molar-refractivity contribution in [3.63, 3.8) is 0 Å². The van der Waals surface area contributed by atoms with Gasteiger partial charge in [-0.1, -0.05) is 13.0 Å². The van der Waals surface area contributed by atoms with Gasteiger partial charge < -0.3 is 9.64 Å². The maximum Gasteiger partial charge on any atom is 0.175 e. The molecule has 1 aromatic carbocycles. The Morgan fingerprint density at radius 3 is 2.79 bits per heavy atom. The van der Waals surface area contributed by atoms with Crippen LogP contribution < -0.4 is 4.74 Å². The highest BCUT2D eigenvalue weighted by atomic mass is 32.2. The molecule has 0 saturated heterocycles. The lowest BCUT2D eigenvalue weighted by Crippen LogP contribution is -2.35. The van der Waals surface area contributed by atoms with Crippen LogP contribution in [-0.2, 0) is 16.3 Å². The molecule has 1 aromatic rings. The highest BCUT2D eigenvalue weighted by Crippen LogP contribution is 2.30. The predicted molar refractivity (Wildman–Crippen MR) is 75.5 cm³/mol. The number of fused-ring (bicyclic) bond motifs is 1. The smallest absolute Gasteiger partial charge is 0.175 e. The van der Waals surface area contributed by atoms with E-state index in [-0.39, 0.29) is 6.10 Å². The molecule has 0 aliphatic carbocycles. The highest BCUT2D eigenvalue weighted by Gasteiger charge is 2.22. The molecule has 0 N–H and O–H groups in total. The summed E-state index contributed by atoms with van der Waals surface area (Å²) in [7, 11) is -1.11. The first-order valence-corrected chi connectivity index (χ1v) is 8.47. The molecule has 1 heterocycles. The summed E-state index contributed by atoms with van der Waals surface area (Å²) in [5.41, 5.74) is 1.10. The van der Waals surface area contributed by atoms with E-state index in [1.807, 2.05) is 6.07 Å². The minimum atomic E-state index is -3.17. The van der Waals surface area contributed by atoms with Crippen LogP contribution in [0.2, 0.25) is 0 Å². The fourth-order valence-electron chi connectivity index (χ4n) is 2.24. The third-order valence-electron chi connectivity index (χ3n) is 3.55. The topological polar surface area (TPSA) is 46.6 Å². The molecule has 0 aromatic heterocycles. The van der Waals surface area contributed by atoms with Crippen molar-refractivity contribution < 1.29 is 13.2 Å². The number of nitrogens with zero attached hydrogens (tertiary/aromatic N) is 1. The van der Waals surface area contributed by atoms with Crippen LogP contribution in [0.25, 0.3) is 0 Å². The van der Waals surface area contributed by atoms with Crippen LogP contribution >= 0.6 is 0 Å². The van der Waals surface area contributed by atoms with Crippen LogP contribution in [0.3, 0.4) is 0 Å². The molecule has 1 atom stereocenters. The zero-order valence-corrected chi connectivity index (χ0v) is 12.5. The van der Waals surface area contributed by atoms with Gasteiger partial charge in [-0.05, 0) is 44.1 Å². The van der Waals surface area contributed by atoms with Crippen molar-refractivity contribution in [3.8, 4) is 5.75 Å². The molecule has 0 fully saturated rings. The Morgan fingerprint density at radius 1 is 1.42 bits per heavy atom. The molecule has 0 saturated carbocycles. The molecule has 5 heteroatoms. The van der Waals surface area contributed by atoms with Crippen molar-refractivity contribution in [2.45, 2.75) is 30.8 Å². The van der Waals surface area contributed by atoms with Crippen molar-refractivity contribution >= 4 is 9.84 Å². The lowest BCUT2D eigenvalue weighted by Gasteiger charge is -2.29. The van der Waals surface area contributed by atoms with E-state index in [0.29, 0.717) is 4.90 Å². The van der Waals surface area contributed by atoms with Gasteiger partial charge in [-0.25, -0.2) is 8.42 Å². The first-order chi connectivity index (χ1) is 8.90. The number of ether oxygens (including phenoxy) is 1. The Kier molecular flexibility index (Phi) is 4.16. The van der Waals surface area contributed by atoms with Gasteiger partial charge in [0.2, 0.25) is 0 Å². The molecule has 0 spiro atoms. The summed E-state index contributed by atoms with van der Waals surface area (Å²) in [6.07, 6.45) is 3.30. The van der Waals surface area contributed by atoms with Crippen LogP contribution in [0.15, 0.2) is 23.1 Å². The maximum absolute atomic E-state index is 11.6. The molecule has 4 nitrogen and oxygen atoms in total. The van der Waals surface area contributed by atoms with Gasteiger partial charge in [0, 0.05) is 12.8 Å². The Morgan fingerprint density at radius 2 is 2.16 bits per heavy atom. The number of benzene rings is 1. The summed E-state index contributed by atoms with van der Waals surface area (Å²) in [5.74, 6) is 0.726. The SMILES string of the molecule is CCN(C)CC1CCc2ccc(S(C)(=O)=O)cc2O1. The van der Waals surface area contributed by atoms with E-state index < -0.39 is 9.84 Å². The molecular formula is C14H21NO3S. The Labute approximate surface area is 115 Å². The molecule has 0 radical (unpaired) electrons. The lowest BCUT2D eigenvalue weighted by molar-refractivity contribution is 0.129. The maximum atomic E-state index is 11.6. The fourth-order valence-corrected chi connectivity index (χ4v) is 2.88. The van der Waals surface area contributed by atoms with Gasteiger partial charge in [0.25, 0.3) is 0 Å². The highest BCUT2D eigenvalue weighted by molar-refractivity contribution is 7.90. The van der Waals surface area contributed by atoms with Gasteiger partial charge in [0.05, 0.1) is 4.90 Å². The Balaban J connectivity index is 2.19. The van der Waals surface area contributed by atoms with E-state index >= 15 is 0 Å².